The molecule has 0 heterocycles. The maximum absolute atomic E-state index is 12.6. The fraction of sp³-hybridized carbons (Fsp3) is 0.263. The number of methoxy groups -OCH3 is 2. The average Bonchev–Trinajstić information content (AvgIpc) is 2.62. The molecule has 0 aromatic heterocycles. The maximum Gasteiger partial charge on any atom is 0.338 e. The normalized spacial score (nSPS) is 10.1. The first-order chi connectivity index (χ1) is 12.0. The zero-order chi connectivity index (χ0) is 18.4. The highest BCUT2D eigenvalue weighted by atomic mass is 16.5. The zero-order valence-electron chi connectivity index (χ0n) is 14.7. The van der Waals surface area contributed by atoms with E-state index in [1.807, 2.05) is 0 Å². The van der Waals surface area contributed by atoms with E-state index in [0.717, 1.165) is 5.56 Å². The van der Waals surface area contributed by atoms with Crippen LogP contribution in [0, 0.1) is 6.92 Å². The highest BCUT2D eigenvalue weighted by molar-refractivity contribution is 6.07. The van der Waals surface area contributed by atoms with Crippen LogP contribution >= 0.6 is 0 Å². The molecule has 0 unspecified atom stereocenters. The van der Waals surface area contributed by atoms with Gasteiger partial charge in [-0.2, -0.15) is 0 Å². The van der Waals surface area contributed by atoms with Gasteiger partial charge in [-0.25, -0.2) is 4.79 Å². The average molecular weight is 343 g/mol. The molecule has 0 aliphatic carbocycles. The number of amides is 1. The third kappa shape index (κ3) is 4.09. The van der Waals surface area contributed by atoms with Gasteiger partial charge in [0.05, 0.1) is 32.0 Å². The van der Waals surface area contributed by atoms with Crippen molar-refractivity contribution in [1.29, 1.82) is 0 Å². The number of hydrogen-bond donors (Lipinski definition) is 1. The fourth-order valence-corrected chi connectivity index (χ4v) is 2.40. The summed E-state index contributed by atoms with van der Waals surface area (Å²) in [6.07, 6.45) is 0. The number of esters is 1. The molecule has 0 radical (unpaired) electrons. The Hall–Kier alpha value is -3.02. The number of rotatable bonds is 6. The predicted octanol–water partition coefficient (Wildman–Crippen LogP) is 3.44. The van der Waals surface area contributed by atoms with Crippen LogP contribution in [-0.4, -0.2) is 32.7 Å². The van der Waals surface area contributed by atoms with Crippen molar-refractivity contribution < 1.29 is 23.8 Å². The number of carbonyl (C=O) groups excluding carboxylic acids is 2. The van der Waals surface area contributed by atoms with Crippen LogP contribution in [-0.2, 0) is 4.74 Å². The molecule has 0 saturated carbocycles. The maximum atomic E-state index is 12.6. The van der Waals surface area contributed by atoms with Crippen LogP contribution in [0.4, 0.5) is 5.69 Å². The molecule has 132 valence electrons. The van der Waals surface area contributed by atoms with Gasteiger partial charge in [0.15, 0.2) is 11.5 Å². The van der Waals surface area contributed by atoms with E-state index < -0.39 is 5.97 Å². The van der Waals surface area contributed by atoms with Crippen molar-refractivity contribution >= 4 is 17.6 Å². The zero-order valence-corrected chi connectivity index (χ0v) is 14.7. The Morgan fingerprint density at radius 3 is 2.44 bits per heavy atom. The van der Waals surface area contributed by atoms with E-state index in [2.05, 4.69) is 5.32 Å². The van der Waals surface area contributed by atoms with E-state index in [9.17, 15) is 9.59 Å². The smallest absolute Gasteiger partial charge is 0.338 e. The standard InChI is InChI=1S/C19H21NO5/c1-5-25-19(22)13-9-10-15(12(2)11-13)20-18(21)14-7-6-8-16(23-3)17(14)24-4/h6-11H,5H2,1-4H3,(H,20,21). The van der Waals surface area contributed by atoms with Gasteiger partial charge in [0.1, 0.15) is 0 Å². The van der Waals surface area contributed by atoms with E-state index in [-0.39, 0.29) is 5.91 Å². The second kappa shape index (κ2) is 8.19. The van der Waals surface area contributed by atoms with Crippen LogP contribution in [0.2, 0.25) is 0 Å². The Labute approximate surface area is 146 Å². The summed E-state index contributed by atoms with van der Waals surface area (Å²) < 4.78 is 15.5. The number of carbonyl (C=O) groups is 2. The lowest BCUT2D eigenvalue weighted by molar-refractivity contribution is 0.0526. The van der Waals surface area contributed by atoms with Gasteiger partial charge < -0.3 is 19.5 Å². The predicted molar refractivity (Wildman–Crippen MR) is 94.6 cm³/mol. The molecule has 0 bridgehead atoms. The van der Waals surface area contributed by atoms with E-state index in [0.29, 0.717) is 34.9 Å². The molecular weight excluding hydrogens is 322 g/mol. The van der Waals surface area contributed by atoms with Crippen LogP contribution in [0.15, 0.2) is 36.4 Å². The Bertz CT molecular complexity index is 785. The van der Waals surface area contributed by atoms with Crippen molar-refractivity contribution in [2.24, 2.45) is 0 Å². The molecule has 25 heavy (non-hydrogen) atoms. The summed E-state index contributed by atoms with van der Waals surface area (Å²) in [6, 6.07) is 10.0. The monoisotopic (exact) mass is 343 g/mol. The van der Waals surface area contributed by atoms with Crippen molar-refractivity contribution in [3.63, 3.8) is 0 Å². The lowest BCUT2D eigenvalue weighted by Gasteiger charge is -2.14. The van der Waals surface area contributed by atoms with Gasteiger partial charge in [-0.1, -0.05) is 6.07 Å². The minimum Gasteiger partial charge on any atom is -0.493 e. The Morgan fingerprint density at radius 2 is 1.84 bits per heavy atom. The highest BCUT2D eigenvalue weighted by Crippen LogP contribution is 2.31. The van der Waals surface area contributed by atoms with Crippen molar-refractivity contribution in [2.75, 3.05) is 26.1 Å². The van der Waals surface area contributed by atoms with Crippen molar-refractivity contribution in [1.82, 2.24) is 0 Å². The minimum atomic E-state index is -0.391. The van der Waals surface area contributed by atoms with E-state index in [4.69, 9.17) is 14.2 Å². The minimum absolute atomic E-state index is 0.312. The second-order valence-corrected chi connectivity index (χ2v) is 5.25. The number of ether oxygens (including phenoxy) is 3. The van der Waals surface area contributed by atoms with Gasteiger partial charge in [0, 0.05) is 5.69 Å². The molecule has 0 spiro atoms. The van der Waals surface area contributed by atoms with Crippen molar-refractivity contribution in [3.05, 3.63) is 53.1 Å². The molecule has 1 N–H and O–H groups in total. The lowest BCUT2D eigenvalue weighted by atomic mass is 10.1. The first-order valence-electron chi connectivity index (χ1n) is 7.81. The van der Waals surface area contributed by atoms with Gasteiger partial charge in [0.2, 0.25) is 0 Å². The molecule has 0 aliphatic heterocycles. The summed E-state index contributed by atoms with van der Waals surface area (Å²) in [7, 11) is 2.99. The van der Waals surface area contributed by atoms with Gasteiger partial charge in [-0.3, -0.25) is 4.79 Å². The molecule has 0 fully saturated rings. The second-order valence-electron chi connectivity index (χ2n) is 5.25. The number of para-hydroxylation sites is 1. The molecule has 2 aromatic carbocycles. The summed E-state index contributed by atoms with van der Waals surface area (Å²) in [5, 5.41) is 2.82. The lowest BCUT2D eigenvalue weighted by Crippen LogP contribution is -2.15. The summed E-state index contributed by atoms with van der Waals surface area (Å²) in [6.45, 7) is 3.87. The van der Waals surface area contributed by atoms with E-state index in [1.165, 1.54) is 14.2 Å². The van der Waals surface area contributed by atoms with E-state index in [1.54, 1.807) is 50.2 Å². The first kappa shape index (κ1) is 18.3. The van der Waals surface area contributed by atoms with Crippen LogP contribution < -0.4 is 14.8 Å². The Morgan fingerprint density at radius 1 is 1.08 bits per heavy atom. The summed E-state index contributed by atoms with van der Waals surface area (Å²) in [5.41, 5.74) is 2.15. The summed E-state index contributed by atoms with van der Waals surface area (Å²) in [4.78, 5) is 24.4. The molecule has 1 amide bonds. The summed E-state index contributed by atoms with van der Waals surface area (Å²) >= 11 is 0. The van der Waals surface area contributed by atoms with Crippen LogP contribution in [0.5, 0.6) is 11.5 Å². The molecule has 6 heteroatoms. The highest BCUT2D eigenvalue weighted by Gasteiger charge is 2.17. The van der Waals surface area contributed by atoms with Crippen molar-refractivity contribution in [3.8, 4) is 11.5 Å². The molecule has 6 nitrogen and oxygen atoms in total. The summed E-state index contributed by atoms with van der Waals surface area (Å²) in [5.74, 6) is 0.119. The molecule has 2 aromatic rings. The van der Waals surface area contributed by atoms with Gasteiger partial charge in [-0.05, 0) is 49.7 Å². The van der Waals surface area contributed by atoms with Gasteiger partial charge in [0.25, 0.3) is 5.91 Å². The number of benzene rings is 2. The van der Waals surface area contributed by atoms with Crippen molar-refractivity contribution in [2.45, 2.75) is 13.8 Å². The third-order valence-electron chi connectivity index (χ3n) is 3.63. The molecule has 0 saturated heterocycles. The third-order valence-corrected chi connectivity index (χ3v) is 3.63. The number of anilines is 1. The Kier molecular flexibility index (Phi) is 6.00. The molecule has 0 atom stereocenters. The fourth-order valence-electron chi connectivity index (χ4n) is 2.40. The van der Waals surface area contributed by atoms with E-state index >= 15 is 0 Å². The molecule has 2 rings (SSSR count). The largest absolute Gasteiger partial charge is 0.493 e. The molecule has 0 aliphatic rings. The van der Waals surface area contributed by atoms with Crippen LogP contribution in [0.3, 0.4) is 0 Å². The van der Waals surface area contributed by atoms with Crippen LogP contribution in [0.1, 0.15) is 33.2 Å². The topological polar surface area (TPSA) is 73.9 Å². The molecular formula is C19H21NO5. The number of hydrogen-bond acceptors (Lipinski definition) is 5. The first-order valence-corrected chi connectivity index (χ1v) is 7.81. The van der Waals surface area contributed by atoms with Crippen LogP contribution in [0.25, 0.3) is 0 Å². The Balaban J connectivity index is 2.25. The number of aryl methyl sites for hydroxylation is 1. The van der Waals surface area contributed by atoms with Gasteiger partial charge >= 0.3 is 5.97 Å². The SMILES string of the molecule is CCOC(=O)c1ccc(NC(=O)c2cccc(OC)c2OC)c(C)c1. The quantitative estimate of drug-likeness (QED) is 0.813. The van der Waals surface area contributed by atoms with Gasteiger partial charge in [-0.15, -0.1) is 0 Å². The number of nitrogens with one attached hydrogen (secondary N) is 1.